The third-order valence-electron chi connectivity index (χ3n) is 4.55. The Bertz CT molecular complexity index is 538. The molecule has 0 aliphatic carbocycles. The predicted octanol–water partition coefficient (Wildman–Crippen LogP) is 4.50. The molecule has 0 N–H and O–H groups in total. The Balaban J connectivity index is 2.66. The van der Waals surface area contributed by atoms with E-state index in [0.717, 1.165) is 36.8 Å². The van der Waals surface area contributed by atoms with E-state index in [1.807, 2.05) is 6.08 Å². The van der Waals surface area contributed by atoms with Crippen molar-refractivity contribution >= 4 is 5.97 Å². The van der Waals surface area contributed by atoms with Crippen LogP contribution in [0.4, 0.5) is 0 Å². The minimum absolute atomic E-state index is 0.296. The molecule has 132 valence electrons. The molecule has 24 heavy (non-hydrogen) atoms. The van der Waals surface area contributed by atoms with Crippen molar-refractivity contribution in [1.29, 1.82) is 0 Å². The minimum atomic E-state index is -0.296. The van der Waals surface area contributed by atoms with Crippen LogP contribution in [-0.2, 0) is 16.1 Å². The van der Waals surface area contributed by atoms with Gasteiger partial charge in [-0.1, -0.05) is 50.4 Å². The van der Waals surface area contributed by atoms with E-state index in [2.05, 4.69) is 57.5 Å². The lowest BCUT2D eigenvalue weighted by Gasteiger charge is -2.41. The van der Waals surface area contributed by atoms with E-state index in [0.29, 0.717) is 18.2 Å². The van der Waals surface area contributed by atoms with E-state index in [4.69, 9.17) is 4.74 Å². The van der Waals surface area contributed by atoms with Crippen LogP contribution in [0.2, 0.25) is 0 Å². The van der Waals surface area contributed by atoms with Crippen molar-refractivity contribution in [2.45, 2.75) is 45.7 Å². The predicted molar refractivity (Wildman–Crippen MR) is 100 cm³/mol. The van der Waals surface area contributed by atoms with Crippen molar-refractivity contribution in [2.75, 3.05) is 20.2 Å². The zero-order valence-electron chi connectivity index (χ0n) is 15.5. The second-order valence-electron chi connectivity index (χ2n) is 6.71. The van der Waals surface area contributed by atoms with Crippen LogP contribution >= 0.6 is 0 Å². The number of ether oxygens (including phenoxy) is 1. The van der Waals surface area contributed by atoms with E-state index < -0.39 is 0 Å². The summed E-state index contributed by atoms with van der Waals surface area (Å²) in [4.78, 5) is 11.5. The SMILES string of the molecule is C=CC[N+](C)(Cc1ccccc1)C(CC)CCCOC(=O)C(=C)C. The first-order valence-electron chi connectivity index (χ1n) is 8.74. The first-order valence-corrected chi connectivity index (χ1v) is 8.74. The zero-order chi connectivity index (χ0) is 18.0. The van der Waals surface area contributed by atoms with Gasteiger partial charge in [0.1, 0.15) is 6.54 Å². The number of likely N-dealkylation sites (N-methyl/N-ethyl adjacent to an activating group) is 1. The molecule has 0 saturated heterocycles. The number of nitrogens with zero attached hydrogens (tertiary/aromatic N) is 1. The molecule has 0 amide bonds. The molecule has 3 nitrogen and oxygen atoms in total. The Morgan fingerprint density at radius 1 is 1.33 bits per heavy atom. The van der Waals surface area contributed by atoms with E-state index >= 15 is 0 Å². The molecular formula is C21H32NO2+. The summed E-state index contributed by atoms with van der Waals surface area (Å²) in [6.45, 7) is 13.8. The summed E-state index contributed by atoms with van der Waals surface area (Å²) in [7, 11) is 2.29. The molecule has 0 heterocycles. The molecule has 2 unspecified atom stereocenters. The maximum absolute atomic E-state index is 11.5. The number of carbonyl (C=O) groups is 1. The molecule has 0 saturated carbocycles. The van der Waals surface area contributed by atoms with Gasteiger partial charge in [-0.25, -0.2) is 4.79 Å². The first kappa shape index (κ1) is 20.2. The monoisotopic (exact) mass is 330 g/mol. The second-order valence-corrected chi connectivity index (χ2v) is 6.71. The van der Waals surface area contributed by atoms with Crippen molar-refractivity contribution in [3.05, 3.63) is 60.7 Å². The summed E-state index contributed by atoms with van der Waals surface area (Å²) in [5.74, 6) is -0.296. The van der Waals surface area contributed by atoms with E-state index in [9.17, 15) is 4.79 Å². The number of rotatable bonds is 11. The Morgan fingerprint density at radius 3 is 2.54 bits per heavy atom. The Morgan fingerprint density at radius 2 is 2.00 bits per heavy atom. The molecule has 0 aromatic heterocycles. The third kappa shape index (κ3) is 6.32. The van der Waals surface area contributed by atoms with Crippen LogP contribution in [0, 0.1) is 0 Å². The van der Waals surface area contributed by atoms with Gasteiger partial charge in [-0.2, -0.15) is 0 Å². The van der Waals surface area contributed by atoms with E-state index in [-0.39, 0.29) is 5.97 Å². The smallest absolute Gasteiger partial charge is 0.333 e. The van der Waals surface area contributed by atoms with Gasteiger partial charge in [0.2, 0.25) is 0 Å². The van der Waals surface area contributed by atoms with Gasteiger partial charge in [0.25, 0.3) is 0 Å². The number of hydrogen-bond donors (Lipinski definition) is 0. The van der Waals surface area contributed by atoms with Gasteiger partial charge in [-0.3, -0.25) is 0 Å². The van der Waals surface area contributed by atoms with Gasteiger partial charge in [-0.05, 0) is 25.8 Å². The second kappa shape index (κ2) is 10.1. The topological polar surface area (TPSA) is 26.3 Å². The summed E-state index contributed by atoms with van der Waals surface area (Å²) in [6, 6.07) is 11.1. The maximum Gasteiger partial charge on any atom is 0.333 e. The summed E-state index contributed by atoms with van der Waals surface area (Å²) in [6.07, 6.45) is 4.99. The van der Waals surface area contributed by atoms with Gasteiger partial charge < -0.3 is 9.22 Å². The highest BCUT2D eigenvalue weighted by molar-refractivity contribution is 5.86. The molecule has 1 aromatic rings. The Kier molecular flexibility index (Phi) is 8.48. The normalized spacial score (nSPS) is 14.5. The summed E-state index contributed by atoms with van der Waals surface area (Å²) < 4.78 is 6.15. The summed E-state index contributed by atoms with van der Waals surface area (Å²) in [5.41, 5.74) is 1.80. The van der Waals surface area contributed by atoms with Crippen LogP contribution in [-0.4, -0.2) is 36.7 Å². The first-order chi connectivity index (χ1) is 11.4. The van der Waals surface area contributed by atoms with Crippen molar-refractivity contribution in [2.24, 2.45) is 0 Å². The summed E-state index contributed by atoms with van der Waals surface area (Å²) >= 11 is 0. The molecule has 1 rings (SSSR count). The molecule has 3 heteroatoms. The van der Waals surface area contributed by atoms with Crippen LogP contribution in [0.15, 0.2) is 55.1 Å². The van der Waals surface area contributed by atoms with Crippen molar-refractivity contribution < 1.29 is 14.0 Å². The van der Waals surface area contributed by atoms with Crippen molar-refractivity contribution in [3.63, 3.8) is 0 Å². The lowest BCUT2D eigenvalue weighted by atomic mass is 10.0. The summed E-state index contributed by atoms with van der Waals surface area (Å²) in [5, 5.41) is 0. The number of esters is 1. The van der Waals surface area contributed by atoms with Gasteiger partial charge in [0.15, 0.2) is 0 Å². The molecular weight excluding hydrogens is 298 g/mol. The van der Waals surface area contributed by atoms with Gasteiger partial charge in [-0.15, -0.1) is 0 Å². The third-order valence-corrected chi connectivity index (χ3v) is 4.55. The lowest BCUT2D eigenvalue weighted by molar-refractivity contribution is -0.941. The van der Waals surface area contributed by atoms with Crippen LogP contribution in [0.5, 0.6) is 0 Å². The van der Waals surface area contributed by atoms with E-state index in [1.165, 1.54) is 5.56 Å². The quantitative estimate of drug-likeness (QED) is 0.196. The van der Waals surface area contributed by atoms with Crippen LogP contribution in [0.25, 0.3) is 0 Å². The number of carbonyl (C=O) groups excluding carboxylic acids is 1. The molecule has 0 radical (unpaired) electrons. The highest BCUT2D eigenvalue weighted by Gasteiger charge is 2.30. The molecule has 0 bridgehead atoms. The van der Waals surface area contributed by atoms with Gasteiger partial charge in [0, 0.05) is 17.6 Å². The fourth-order valence-corrected chi connectivity index (χ4v) is 3.20. The number of hydrogen-bond acceptors (Lipinski definition) is 2. The number of quaternary nitrogens is 1. The molecule has 2 atom stereocenters. The standard InChI is InChI=1S/C21H32NO2/c1-6-15-22(5,17-19-12-9-8-10-13-19)20(7-2)14-11-16-24-21(23)18(3)4/h6,8-10,12-13,20H,1,3,7,11,14-17H2,2,4-5H3/q+1. The molecule has 0 spiro atoms. The van der Waals surface area contributed by atoms with Gasteiger partial charge in [0.05, 0.1) is 26.2 Å². The van der Waals surface area contributed by atoms with Crippen molar-refractivity contribution in [1.82, 2.24) is 0 Å². The lowest BCUT2D eigenvalue weighted by Crippen LogP contribution is -2.51. The molecule has 0 aliphatic rings. The fourth-order valence-electron chi connectivity index (χ4n) is 3.20. The molecule has 1 aromatic carbocycles. The highest BCUT2D eigenvalue weighted by Crippen LogP contribution is 2.23. The van der Waals surface area contributed by atoms with Gasteiger partial charge >= 0.3 is 5.97 Å². The number of benzene rings is 1. The fraction of sp³-hybridized carbons (Fsp3) is 0.476. The highest BCUT2D eigenvalue weighted by atomic mass is 16.5. The zero-order valence-corrected chi connectivity index (χ0v) is 15.5. The molecule has 0 aliphatic heterocycles. The minimum Gasteiger partial charge on any atom is -0.462 e. The molecule has 0 fully saturated rings. The Hall–Kier alpha value is -1.87. The average molecular weight is 330 g/mol. The Labute approximate surface area is 147 Å². The average Bonchev–Trinajstić information content (AvgIpc) is 2.55. The van der Waals surface area contributed by atoms with Crippen LogP contribution < -0.4 is 0 Å². The maximum atomic E-state index is 11.5. The van der Waals surface area contributed by atoms with Crippen molar-refractivity contribution in [3.8, 4) is 0 Å². The van der Waals surface area contributed by atoms with E-state index in [1.54, 1.807) is 6.92 Å². The van der Waals surface area contributed by atoms with Crippen LogP contribution in [0.1, 0.15) is 38.7 Å². The largest absolute Gasteiger partial charge is 0.462 e. The van der Waals surface area contributed by atoms with Crippen LogP contribution in [0.3, 0.4) is 0 Å².